The standard InChI is InChI=1S/C17H21F3N4OS2/c1-3-8-24(9-13-6-4-12(2)5-7-13)14(25)10-26-16-23-22-15(27-16)21-11-17(18,19)20/h4-7H,3,8-11H2,1-2H3,(H,21,22). The van der Waals surface area contributed by atoms with Crippen LogP contribution in [0.4, 0.5) is 18.3 Å². The van der Waals surface area contributed by atoms with Crippen LogP contribution in [0.15, 0.2) is 28.6 Å². The average molecular weight is 419 g/mol. The fourth-order valence-corrected chi connectivity index (χ4v) is 3.86. The number of amides is 1. The first kappa shape index (κ1) is 21.5. The van der Waals surface area contributed by atoms with Crippen molar-refractivity contribution in [1.82, 2.24) is 15.1 Å². The predicted molar refractivity (Wildman–Crippen MR) is 102 cm³/mol. The van der Waals surface area contributed by atoms with Gasteiger partial charge in [-0.15, -0.1) is 10.2 Å². The monoisotopic (exact) mass is 418 g/mol. The van der Waals surface area contributed by atoms with Crippen molar-refractivity contribution < 1.29 is 18.0 Å². The molecule has 1 amide bonds. The highest BCUT2D eigenvalue weighted by atomic mass is 32.2. The first-order valence-electron chi connectivity index (χ1n) is 8.37. The van der Waals surface area contributed by atoms with Crippen LogP contribution in [0.3, 0.4) is 0 Å². The van der Waals surface area contributed by atoms with E-state index < -0.39 is 12.7 Å². The maximum absolute atomic E-state index is 12.5. The number of aromatic nitrogens is 2. The second-order valence-corrected chi connectivity index (χ2v) is 8.13. The Balaban J connectivity index is 1.88. The van der Waals surface area contributed by atoms with Crippen molar-refractivity contribution in [2.75, 3.05) is 24.2 Å². The number of carbonyl (C=O) groups excluding carboxylic acids is 1. The Morgan fingerprint density at radius 1 is 1.26 bits per heavy atom. The third-order valence-electron chi connectivity index (χ3n) is 3.51. The van der Waals surface area contributed by atoms with Gasteiger partial charge in [0.1, 0.15) is 6.54 Å². The molecule has 0 saturated carbocycles. The van der Waals surface area contributed by atoms with Crippen molar-refractivity contribution in [2.24, 2.45) is 0 Å². The van der Waals surface area contributed by atoms with Gasteiger partial charge in [-0.2, -0.15) is 13.2 Å². The van der Waals surface area contributed by atoms with Crippen LogP contribution < -0.4 is 5.32 Å². The van der Waals surface area contributed by atoms with Gasteiger partial charge in [0.15, 0.2) is 4.34 Å². The van der Waals surface area contributed by atoms with Crippen molar-refractivity contribution >= 4 is 34.1 Å². The maximum atomic E-state index is 12.5. The van der Waals surface area contributed by atoms with E-state index >= 15 is 0 Å². The minimum absolute atomic E-state index is 0.0394. The Kier molecular flexibility index (Phi) is 7.91. The van der Waals surface area contributed by atoms with E-state index in [4.69, 9.17) is 0 Å². The zero-order valence-corrected chi connectivity index (χ0v) is 16.7. The molecule has 1 N–H and O–H groups in total. The lowest BCUT2D eigenvalue weighted by Gasteiger charge is -2.22. The summed E-state index contributed by atoms with van der Waals surface area (Å²) in [5.41, 5.74) is 2.22. The molecule has 2 rings (SSSR count). The SMILES string of the molecule is CCCN(Cc1ccc(C)cc1)C(=O)CSc1nnc(NCC(F)(F)F)s1. The summed E-state index contributed by atoms with van der Waals surface area (Å²) in [7, 11) is 0. The Morgan fingerprint density at radius 2 is 1.96 bits per heavy atom. The van der Waals surface area contributed by atoms with E-state index in [-0.39, 0.29) is 16.8 Å². The van der Waals surface area contributed by atoms with Gasteiger partial charge in [-0.3, -0.25) is 4.79 Å². The molecule has 0 unspecified atom stereocenters. The molecule has 5 nitrogen and oxygen atoms in total. The molecule has 27 heavy (non-hydrogen) atoms. The smallest absolute Gasteiger partial charge is 0.351 e. The van der Waals surface area contributed by atoms with Crippen molar-refractivity contribution in [3.63, 3.8) is 0 Å². The quantitative estimate of drug-likeness (QED) is 0.614. The number of thioether (sulfide) groups is 1. The first-order chi connectivity index (χ1) is 12.8. The summed E-state index contributed by atoms with van der Waals surface area (Å²) in [4.78, 5) is 14.3. The van der Waals surface area contributed by atoms with Crippen LogP contribution in [0.1, 0.15) is 24.5 Å². The van der Waals surface area contributed by atoms with E-state index in [0.29, 0.717) is 17.4 Å². The normalized spacial score (nSPS) is 11.4. The summed E-state index contributed by atoms with van der Waals surface area (Å²) < 4.78 is 37.1. The third kappa shape index (κ3) is 7.76. The molecule has 0 atom stereocenters. The molecule has 148 valence electrons. The van der Waals surface area contributed by atoms with E-state index in [9.17, 15) is 18.0 Å². The van der Waals surface area contributed by atoms with Gasteiger partial charge >= 0.3 is 6.18 Å². The molecule has 10 heteroatoms. The highest BCUT2D eigenvalue weighted by molar-refractivity contribution is 8.01. The molecule has 0 aliphatic carbocycles. The largest absolute Gasteiger partial charge is 0.405 e. The lowest BCUT2D eigenvalue weighted by Crippen LogP contribution is -2.32. The van der Waals surface area contributed by atoms with Crippen LogP contribution >= 0.6 is 23.1 Å². The number of anilines is 1. The average Bonchev–Trinajstić information content (AvgIpc) is 3.07. The minimum atomic E-state index is -4.31. The van der Waals surface area contributed by atoms with E-state index in [1.807, 2.05) is 38.1 Å². The minimum Gasteiger partial charge on any atom is -0.351 e. The lowest BCUT2D eigenvalue weighted by atomic mass is 10.1. The third-order valence-corrected chi connectivity index (χ3v) is 5.50. The molecule has 0 aliphatic heterocycles. The van der Waals surface area contributed by atoms with E-state index in [0.717, 1.165) is 28.9 Å². The summed E-state index contributed by atoms with van der Waals surface area (Å²) in [6, 6.07) is 8.02. The number of rotatable bonds is 9. The van der Waals surface area contributed by atoms with Gasteiger partial charge in [-0.25, -0.2) is 0 Å². The van der Waals surface area contributed by atoms with E-state index in [2.05, 4.69) is 15.5 Å². The molecule has 0 fully saturated rings. The highest BCUT2D eigenvalue weighted by Gasteiger charge is 2.27. The molecule has 0 saturated heterocycles. The summed E-state index contributed by atoms with van der Waals surface area (Å²) in [6.07, 6.45) is -3.47. The Bertz CT molecular complexity index is 735. The summed E-state index contributed by atoms with van der Waals surface area (Å²) >= 11 is 2.19. The number of benzene rings is 1. The first-order valence-corrected chi connectivity index (χ1v) is 10.2. The van der Waals surface area contributed by atoms with Gasteiger partial charge in [0.25, 0.3) is 0 Å². The molecular weight excluding hydrogens is 397 g/mol. The molecule has 1 heterocycles. The maximum Gasteiger partial charge on any atom is 0.405 e. The predicted octanol–water partition coefficient (Wildman–Crippen LogP) is 4.35. The van der Waals surface area contributed by atoms with Crippen LogP contribution in [0.2, 0.25) is 0 Å². The molecule has 1 aromatic heterocycles. The number of carbonyl (C=O) groups is 1. The lowest BCUT2D eigenvalue weighted by molar-refractivity contribution is -0.129. The molecule has 0 bridgehead atoms. The molecule has 0 aliphatic rings. The van der Waals surface area contributed by atoms with Gasteiger partial charge in [-0.05, 0) is 18.9 Å². The zero-order valence-electron chi connectivity index (χ0n) is 15.0. The molecule has 1 aromatic carbocycles. The second kappa shape index (κ2) is 9.93. The molecule has 2 aromatic rings. The van der Waals surface area contributed by atoms with Crippen molar-refractivity contribution in [3.05, 3.63) is 35.4 Å². The van der Waals surface area contributed by atoms with Crippen LogP contribution in [0.5, 0.6) is 0 Å². The Labute approximate surface area is 164 Å². The molecule has 0 spiro atoms. The summed E-state index contributed by atoms with van der Waals surface area (Å²) in [5.74, 6) is 0.127. The van der Waals surface area contributed by atoms with Crippen molar-refractivity contribution in [1.29, 1.82) is 0 Å². The van der Waals surface area contributed by atoms with Crippen LogP contribution in [-0.4, -0.2) is 46.0 Å². The van der Waals surface area contributed by atoms with Gasteiger partial charge in [-0.1, -0.05) is 59.9 Å². The highest BCUT2D eigenvalue weighted by Crippen LogP contribution is 2.27. The van der Waals surface area contributed by atoms with Crippen LogP contribution in [-0.2, 0) is 11.3 Å². The summed E-state index contributed by atoms with van der Waals surface area (Å²) in [5, 5.41) is 9.76. The fourth-order valence-electron chi connectivity index (χ4n) is 2.21. The van der Waals surface area contributed by atoms with Crippen LogP contribution in [0.25, 0.3) is 0 Å². The van der Waals surface area contributed by atoms with Gasteiger partial charge in [0.05, 0.1) is 5.75 Å². The van der Waals surface area contributed by atoms with Gasteiger partial charge < -0.3 is 10.2 Å². The number of halogens is 3. The van der Waals surface area contributed by atoms with Crippen molar-refractivity contribution in [3.8, 4) is 0 Å². The number of nitrogens with one attached hydrogen (secondary N) is 1. The molecular formula is C17H21F3N4OS2. The molecule has 0 radical (unpaired) electrons. The van der Waals surface area contributed by atoms with Gasteiger partial charge in [0.2, 0.25) is 11.0 Å². The number of hydrogen-bond acceptors (Lipinski definition) is 6. The number of nitrogens with zero attached hydrogens (tertiary/aromatic N) is 3. The van der Waals surface area contributed by atoms with Gasteiger partial charge in [0, 0.05) is 13.1 Å². The number of alkyl halides is 3. The topological polar surface area (TPSA) is 58.1 Å². The second-order valence-electron chi connectivity index (χ2n) is 5.93. The zero-order chi connectivity index (χ0) is 19.9. The number of aryl methyl sites for hydroxylation is 1. The van der Waals surface area contributed by atoms with Crippen LogP contribution in [0, 0.1) is 6.92 Å². The van der Waals surface area contributed by atoms with E-state index in [1.165, 1.54) is 11.8 Å². The Morgan fingerprint density at radius 3 is 2.59 bits per heavy atom. The summed E-state index contributed by atoms with van der Waals surface area (Å²) in [6.45, 7) is 4.02. The van der Waals surface area contributed by atoms with E-state index in [1.54, 1.807) is 4.90 Å². The Hall–Kier alpha value is -1.81. The van der Waals surface area contributed by atoms with Crippen molar-refractivity contribution in [2.45, 2.75) is 37.3 Å². The number of hydrogen-bond donors (Lipinski definition) is 1. The fraction of sp³-hybridized carbons (Fsp3) is 0.471.